The highest BCUT2D eigenvalue weighted by molar-refractivity contribution is 7.92. The Bertz CT molecular complexity index is 1190. The summed E-state index contributed by atoms with van der Waals surface area (Å²) in [6.45, 7) is 1.65. The van der Waals surface area contributed by atoms with Crippen LogP contribution in [0.3, 0.4) is 0 Å². The summed E-state index contributed by atoms with van der Waals surface area (Å²) in [5.41, 5.74) is 0.896. The van der Waals surface area contributed by atoms with E-state index in [1.807, 2.05) is 0 Å². The molecule has 3 aromatic rings. The van der Waals surface area contributed by atoms with Gasteiger partial charge < -0.3 is 10.1 Å². The second kappa shape index (κ2) is 10.7. The molecule has 0 radical (unpaired) electrons. The molecule has 0 atom stereocenters. The first-order valence-electron chi connectivity index (χ1n) is 9.77. The van der Waals surface area contributed by atoms with Gasteiger partial charge in [-0.05, 0) is 48.9 Å². The summed E-state index contributed by atoms with van der Waals surface area (Å²) >= 11 is 12.3. The number of rotatable bonds is 9. The maximum Gasteiger partial charge on any atom is 0.264 e. The summed E-state index contributed by atoms with van der Waals surface area (Å²) in [6.07, 6.45) is 0. The van der Waals surface area contributed by atoms with Crippen LogP contribution in [0.4, 0.5) is 5.69 Å². The third-order valence-corrected chi connectivity index (χ3v) is 7.14. The van der Waals surface area contributed by atoms with E-state index in [2.05, 4.69) is 5.32 Å². The van der Waals surface area contributed by atoms with Crippen LogP contribution in [-0.4, -0.2) is 34.0 Å². The second-order valence-electron chi connectivity index (χ2n) is 6.84. The largest absolute Gasteiger partial charge is 0.490 e. The van der Waals surface area contributed by atoms with Gasteiger partial charge in [0.15, 0.2) is 0 Å². The molecule has 9 heteroatoms. The van der Waals surface area contributed by atoms with E-state index in [1.54, 1.807) is 67.6 Å². The van der Waals surface area contributed by atoms with E-state index in [0.717, 1.165) is 4.31 Å². The number of ether oxygens (including phenoxy) is 1. The minimum Gasteiger partial charge on any atom is -0.490 e. The van der Waals surface area contributed by atoms with E-state index in [-0.39, 0.29) is 18.0 Å². The average molecular weight is 493 g/mol. The van der Waals surface area contributed by atoms with Crippen molar-refractivity contribution in [1.29, 1.82) is 0 Å². The number of hydrogen-bond donors (Lipinski definition) is 1. The summed E-state index contributed by atoms with van der Waals surface area (Å²) in [6, 6.07) is 19.9. The molecular formula is C23H22Cl2N2O4S. The molecule has 0 aliphatic heterocycles. The molecule has 0 saturated heterocycles. The molecule has 6 nitrogen and oxygen atoms in total. The molecule has 0 aliphatic carbocycles. The van der Waals surface area contributed by atoms with Gasteiger partial charge in [-0.3, -0.25) is 9.10 Å². The number of para-hydroxylation sites is 1. The van der Waals surface area contributed by atoms with Crippen molar-refractivity contribution in [2.75, 3.05) is 24.0 Å². The molecule has 32 heavy (non-hydrogen) atoms. The molecule has 3 aromatic carbocycles. The van der Waals surface area contributed by atoms with Crippen molar-refractivity contribution in [1.82, 2.24) is 5.32 Å². The fraction of sp³-hybridized carbons (Fsp3) is 0.174. The first-order chi connectivity index (χ1) is 15.3. The summed E-state index contributed by atoms with van der Waals surface area (Å²) < 4.78 is 33.3. The van der Waals surface area contributed by atoms with Crippen LogP contribution in [0, 0.1) is 6.92 Å². The Hall–Kier alpha value is -2.74. The zero-order chi connectivity index (χ0) is 23.1. The molecule has 0 aliphatic rings. The van der Waals surface area contributed by atoms with Gasteiger partial charge >= 0.3 is 0 Å². The zero-order valence-corrected chi connectivity index (χ0v) is 19.6. The topological polar surface area (TPSA) is 75.7 Å². The Morgan fingerprint density at radius 3 is 2.31 bits per heavy atom. The molecule has 0 saturated carbocycles. The molecule has 0 spiro atoms. The summed E-state index contributed by atoms with van der Waals surface area (Å²) in [5.74, 6) is 0.0258. The van der Waals surface area contributed by atoms with Gasteiger partial charge in [0, 0.05) is 5.02 Å². The van der Waals surface area contributed by atoms with Crippen LogP contribution in [-0.2, 0) is 14.8 Å². The maximum atomic E-state index is 13.3. The van der Waals surface area contributed by atoms with E-state index in [1.165, 1.54) is 12.1 Å². The Balaban J connectivity index is 1.75. The number of nitrogens with one attached hydrogen (secondary N) is 1. The number of carbonyl (C=O) groups is 1. The second-order valence-corrected chi connectivity index (χ2v) is 9.51. The number of hydrogen-bond acceptors (Lipinski definition) is 4. The van der Waals surface area contributed by atoms with Crippen LogP contribution in [0.25, 0.3) is 0 Å². The van der Waals surface area contributed by atoms with Crippen molar-refractivity contribution in [2.24, 2.45) is 0 Å². The number of anilines is 1. The number of sulfonamides is 1. The van der Waals surface area contributed by atoms with Crippen LogP contribution in [0.1, 0.15) is 5.56 Å². The Morgan fingerprint density at radius 1 is 0.938 bits per heavy atom. The van der Waals surface area contributed by atoms with Gasteiger partial charge in [-0.25, -0.2) is 8.42 Å². The maximum absolute atomic E-state index is 13.3. The fourth-order valence-corrected chi connectivity index (χ4v) is 4.84. The molecule has 168 valence electrons. The third kappa shape index (κ3) is 5.73. The van der Waals surface area contributed by atoms with Crippen molar-refractivity contribution in [3.05, 3.63) is 88.4 Å². The Labute approximate surface area is 197 Å². The number of amides is 1. The minimum atomic E-state index is -4.00. The number of halogens is 2. The van der Waals surface area contributed by atoms with E-state index in [0.29, 0.717) is 27.0 Å². The minimum absolute atomic E-state index is 0.0780. The molecule has 0 aromatic heterocycles. The summed E-state index contributed by atoms with van der Waals surface area (Å²) in [5, 5.41) is 3.56. The van der Waals surface area contributed by atoms with Gasteiger partial charge in [0.05, 0.1) is 22.2 Å². The lowest BCUT2D eigenvalue weighted by atomic mass is 10.2. The molecule has 3 rings (SSSR count). The van der Waals surface area contributed by atoms with Crippen LogP contribution >= 0.6 is 23.2 Å². The molecule has 0 bridgehead atoms. The fourth-order valence-electron chi connectivity index (χ4n) is 2.99. The van der Waals surface area contributed by atoms with Gasteiger partial charge in [0.2, 0.25) is 5.91 Å². The Morgan fingerprint density at radius 2 is 1.59 bits per heavy atom. The molecule has 0 unspecified atom stereocenters. The highest BCUT2D eigenvalue weighted by Crippen LogP contribution is 2.30. The van der Waals surface area contributed by atoms with Crippen molar-refractivity contribution in [2.45, 2.75) is 11.8 Å². The number of nitrogens with zero attached hydrogens (tertiary/aromatic N) is 1. The SMILES string of the molecule is Cc1c(Cl)cccc1N(CC(=O)NCCOc1ccccc1Cl)S(=O)(=O)c1ccccc1. The number of carbonyl (C=O) groups excluding carboxylic acids is 1. The number of benzene rings is 3. The molecule has 0 fully saturated rings. The monoisotopic (exact) mass is 492 g/mol. The third-order valence-electron chi connectivity index (χ3n) is 4.64. The predicted octanol–water partition coefficient (Wildman–Crippen LogP) is 4.69. The van der Waals surface area contributed by atoms with Crippen LogP contribution in [0.15, 0.2) is 77.7 Å². The van der Waals surface area contributed by atoms with E-state index >= 15 is 0 Å². The van der Waals surface area contributed by atoms with Crippen molar-refractivity contribution >= 4 is 44.8 Å². The van der Waals surface area contributed by atoms with E-state index in [9.17, 15) is 13.2 Å². The normalized spacial score (nSPS) is 11.1. The standard InChI is InChI=1S/C23H22Cl2N2O4S/c1-17-19(24)11-7-12-21(17)27(32(29,30)18-8-3-2-4-9-18)16-23(28)26-14-15-31-22-13-6-5-10-20(22)25/h2-13H,14-16H2,1H3,(H,26,28). The molecule has 1 N–H and O–H groups in total. The highest BCUT2D eigenvalue weighted by atomic mass is 35.5. The summed E-state index contributed by atoms with van der Waals surface area (Å²) in [7, 11) is -4.00. The van der Waals surface area contributed by atoms with Crippen molar-refractivity contribution in [3.8, 4) is 5.75 Å². The quantitative estimate of drug-likeness (QED) is 0.439. The molecule has 0 heterocycles. The van der Waals surface area contributed by atoms with E-state index in [4.69, 9.17) is 27.9 Å². The lowest BCUT2D eigenvalue weighted by Gasteiger charge is -2.26. The van der Waals surface area contributed by atoms with Gasteiger partial charge in [-0.1, -0.05) is 59.6 Å². The lowest BCUT2D eigenvalue weighted by Crippen LogP contribution is -2.42. The molecule has 1 amide bonds. The van der Waals surface area contributed by atoms with Gasteiger partial charge in [0.25, 0.3) is 10.0 Å². The predicted molar refractivity (Wildman–Crippen MR) is 127 cm³/mol. The van der Waals surface area contributed by atoms with Gasteiger partial charge in [0.1, 0.15) is 18.9 Å². The van der Waals surface area contributed by atoms with E-state index < -0.39 is 22.5 Å². The summed E-state index contributed by atoms with van der Waals surface area (Å²) in [4.78, 5) is 12.7. The smallest absolute Gasteiger partial charge is 0.264 e. The Kier molecular flexibility index (Phi) is 8.01. The van der Waals surface area contributed by atoms with Crippen LogP contribution in [0.2, 0.25) is 10.0 Å². The van der Waals surface area contributed by atoms with Crippen molar-refractivity contribution < 1.29 is 17.9 Å². The van der Waals surface area contributed by atoms with Gasteiger partial charge in [-0.2, -0.15) is 0 Å². The van der Waals surface area contributed by atoms with Crippen LogP contribution in [0.5, 0.6) is 5.75 Å². The average Bonchev–Trinajstić information content (AvgIpc) is 2.79. The zero-order valence-electron chi connectivity index (χ0n) is 17.3. The highest BCUT2D eigenvalue weighted by Gasteiger charge is 2.28. The first kappa shape index (κ1) is 23.9. The first-order valence-corrected chi connectivity index (χ1v) is 12.0. The lowest BCUT2D eigenvalue weighted by molar-refractivity contribution is -0.119. The van der Waals surface area contributed by atoms with Gasteiger partial charge in [-0.15, -0.1) is 0 Å². The van der Waals surface area contributed by atoms with Crippen molar-refractivity contribution in [3.63, 3.8) is 0 Å². The molecular weight excluding hydrogens is 471 g/mol. The van der Waals surface area contributed by atoms with Crippen LogP contribution < -0.4 is 14.4 Å².